The number of hydrogen-bond donors (Lipinski definition) is 1. The van der Waals surface area contributed by atoms with E-state index >= 15 is 0 Å². The minimum Gasteiger partial charge on any atom is -0.490 e. The van der Waals surface area contributed by atoms with Crippen molar-refractivity contribution in [2.75, 3.05) is 13.2 Å². The van der Waals surface area contributed by atoms with Crippen LogP contribution >= 0.6 is 0 Å². The Hall–Kier alpha value is -2.50. The standard InChI is InChI=1S/C14H15NO5/c1-3-18-11-6-5-9(7-12(11)19-4-2)13-15-10(8-20-13)14(16)17/h5-8H,3-4H2,1-2H3,(H,16,17). The molecule has 0 saturated carbocycles. The third kappa shape index (κ3) is 2.90. The van der Waals surface area contributed by atoms with E-state index in [-0.39, 0.29) is 11.6 Å². The summed E-state index contributed by atoms with van der Waals surface area (Å²) in [5.74, 6) is 0.299. The molecule has 6 heteroatoms. The highest BCUT2D eigenvalue weighted by Crippen LogP contribution is 2.32. The Morgan fingerprint density at radius 3 is 2.55 bits per heavy atom. The van der Waals surface area contributed by atoms with E-state index in [2.05, 4.69) is 4.98 Å². The Bertz CT molecular complexity index is 605. The van der Waals surface area contributed by atoms with Gasteiger partial charge in [-0.15, -0.1) is 0 Å². The molecule has 0 aliphatic heterocycles. The van der Waals surface area contributed by atoms with Crippen LogP contribution in [0.5, 0.6) is 11.5 Å². The van der Waals surface area contributed by atoms with E-state index < -0.39 is 5.97 Å². The normalized spacial score (nSPS) is 10.3. The summed E-state index contributed by atoms with van der Waals surface area (Å²) in [5.41, 5.74) is 0.497. The molecule has 106 valence electrons. The van der Waals surface area contributed by atoms with Crippen molar-refractivity contribution in [2.45, 2.75) is 13.8 Å². The molecule has 6 nitrogen and oxygen atoms in total. The molecule has 1 N–H and O–H groups in total. The zero-order valence-corrected chi connectivity index (χ0v) is 11.3. The van der Waals surface area contributed by atoms with E-state index in [4.69, 9.17) is 19.0 Å². The molecule has 2 rings (SSSR count). The van der Waals surface area contributed by atoms with Crippen LogP contribution < -0.4 is 9.47 Å². The highest BCUT2D eigenvalue weighted by Gasteiger charge is 2.14. The Balaban J connectivity index is 2.36. The van der Waals surface area contributed by atoms with Gasteiger partial charge in [0.1, 0.15) is 6.26 Å². The predicted molar refractivity (Wildman–Crippen MR) is 71.2 cm³/mol. The summed E-state index contributed by atoms with van der Waals surface area (Å²) in [7, 11) is 0. The lowest BCUT2D eigenvalue weighted by Gasteiger charge is -2.11. The Morgan fingerprint density at radius 2 is 1.95 bits per heavy atom. The second-order valence-electron chi connectivity index (χ2n) is 3.87. The first-order chi connectivity index (χ1) is 9.65. The number of nitrogens with zero attached hydrogens (tertiary/aromatic N) is 1. The van der Waals surface area contributed by atoms with Crippen LogP contribution in [0.25, 0.3) is 11.5 Å². The summed E-state index contributed by atoms with van der Waals surface area (Å²) in [6.45, 7) is 4.78. The minimum atomic E-state index is -1.13. The number of rotatable bonds is 6. The van der Waals surface area contributed by atoms with Gasteiger partial charge in [0.25, 0.3) is 0 Å². The maximum absolute atomic E-state index is 10.8. The maximum Gasteiger partial charge on any atom is 0.357 e. The van der Waals surface area contributed by atoms with Crippen molar-refractivity contribution in [3.05, 3.63) is 30.2 Å². The van der Waals surface area contributed by atoms with Gasteiger partial charge in [0, 0.05) is 5.56 Å². The number of aromatic carboxylic acids is 1. The molecule has 0 spiro atoms. The van der Waals surface area contributed by atoms with Crippen molar-refractivity contribution in [1.82, 2.24) is 4.98 Å². The average molecular weight is 277 g/mol. The van der Waals surface area contributed by atoms with Gasteiger partial charge < -0.3 is 19.0 Å². The third-order valence-electron chi connectivity index (χ3n) is 2.51. The number of carboxylic acid groups (broad SMARTS) is 1. The summed E-state index contributed by atoms with van der Waals surface area (Å²) in [5, 5.41) is 8.83. The minimum absolute atomic E-state index is 0.133. The Labute approximate surface area is 116 Å². The van der Waals surface area contributed by atoms with Gasteiger partial charge in [-0.05, 0) is 32.0 Å². The molecule has 20 heavy (non-hydrogen) atoms. The predicted octanol–water partition coefficient (Wildman–Crippen LogP) is 2.84. The number of carbonyl (C=O) groups is 1. The van der Waals surface area contributed by atoms with Crippen LogP contribution in [0.4, 0.5) is 0 Å². The van der Waals surface area contributed by atoms with Gasteiger partial charge in [0.2, 0.25) is 5.89 Å². The Morgan fingerprint density at radius 1 is 1.25 bits per heavy atom. The fraction of sp³-hybridized carbons (Fsp3) is 0.286. The van der Waals surface area contributed by atoms with E-state index in [1.165, 1.54) is 0 Å². The number of hydrogen-bond acceptors (Lipinski definition) is 5. The average Bonchev–Trinajstić information content (AvgIpc) is 2.91. The molecule has 2 aromatic rings. The highest BCUT2D eigenvalue weighted by atomic mass is 16.5. The first-order valence-corrected chi connectivity index (χ1v) is 6.24. The lowest BCUT2D eigenvalue weighted by Crippen LogP contribution is -1.99. The molecule has 0 unspecified atom stereocenters. The number of ether oxygens (including phenoxy) is 2. The Kier molecular flexibility index (Phi) is 4.24. The molecule has 1 heterocycles. The van der Waals surface area contributed by atoms with E-state index in [0.29, 0.717) is 30.3 Å². The summed E-state index contributed by atoms with van der Waals surface area (Å²) in [6, 6.07) is 5.20. The van der Waals surface area contributed by atoms with Gasteiger partial charge in [-0.2, -0.15) is 0 Å². The number of oxazole rings is 1. The van der Waals surface area contributed by atoms with Crippen molar-refractivity contribution in [3.63, 3.8) is 0 Å². The SMILES string of the molecule is CCOc1ccc(-c2nc(C(=O)O)co2)cc1OCC. The zero-order chi connectivity index (χ0) is 14.5. The smallest absolute Gasteiger partial charge is 0.357 e. The fourth-order valence-electron chi connectivity index (χ4n) is 1.69. The number of aromatic nitrogens is 1. The van der Waals surface area contributed by atoms with E-state index in [1.807, 2.05) is 13.8 Å². The summed E-state index contributed by atoms with van der Waals surface area (Å²) < 4.78 is 16.1. The molecular weight excluding hydrogens is 262 g/mol. The highest BCUT2D eigenvalue weighted by molar-refractivity contribution is 5.85. The van der Waals surface area contributed by atoms with Crippen LogP contribution in [-0.4, -0.2) is 29.3 Å². The molecule has 1 aromatic carbocycles. The van der Waals surface area contributed by atoms with E-state index in [0.717, 1.165) is 6.26 Å². The van der Waals surface area contributed by atoms with Crippen molar-refractivity contribution < 1.29 is 23.8 Å². The molecule has 0 atom stereocenters. The van der Waals surface area contributed by atoms with Gasteiger partial charge >= 0.3 is 5.97 Å². The van der Waals surface area contributed by atoms with Gasteiger partial charge in [-0.25, -0.2) is 9.78 Å². The monoisotopic (exact) mass is 277 g/mol. The zero-order valence-electron chi connectivity index (χ0n) is 11.3. The molecule has 0 aliphatic rings. The molecule has 0 aliphatic carbocycles. The van der Waals surface area contributed by atoms with Crippen molar-refractivity contribution >= 4 is 5.97 Å². The van der Waals surface area contributed by atoms with Crippen LogP contribution in [0, 0.1) is 0 Å². The first-order valence-electron chi connectivity index (χ1n) is 6.24. The topological polar surface area (TPSA) is 81.8 Å². The molecule has 0 fully saturated rings. The third-order valence-corrected chi connectivity index (χ3v) is 2.51. The molecule has 1 aromatic heterocycles. The van der Waals surface area contributed by atoms with E-state index in [1.54, 1.807) is 18.2 Å². The fourth-order valence-corrected chi connectivity index (χ4v) is 1.69. The van der Waals surface area contributed by atoms with Gasteiger partial charge in [-0.3, -0.25) is 0 Å². The van der Waals surface area contributed by atoms with Gasteiger partial charge in [0.05, 0.1) is 13.2 Å². The van der Waals surface area contributed by atoms with Crippen LogP contribution in [0.3, 0.4) is 0 Å². The van der Waals surface area contributed by atoms with Crippen LogP contribution in [-0.2, 0) is 0 Å². The van der Waals surface area contributed by atoms with Gasteiger partial charge in [-0.1, -0.05) is 0 Å². The van der Waals surface area contributed by atoms with Crippen molar-refractivity contribution in [2.24, 2.45) is 0 Å². The van der Waals surface area contributed by atoms with Crippen molar-refractivity contribution in [3.8, 4) is 23.0 Å². The molecule has 0 saturated heterocycles. The van der Waals surface area contributed by atoms with Crippen LogP contribution in [0.15, 0.2) is 28.9 Å². The molecule has 0 radical (unpaired) electrons. The molecular formula is C14H15NO5. The lowest BCUT2D eigenvalue weighted by molar-refractivity contribution is 0.0690. The van der Waals surface area contributed by atoms with Crippen molar-refractivity contribution in [1.29, 1.82) is 0 Å². The quantitative estimate of drug-likeness (QED) is 0.874. The summed E-state index contributed by atoms with van der Waals surface area (Å²) in [4.78, 5) is 14.7. The number of carboxylic acids is 1. The second kappa shape index (κ2) is 6.10. The first kappa shape index (κ1) is 13.9. The molecule has 0 bridgehead atoms. The van der Waals surface area contributed by atoms with E-state index in [9.17, 15) is 4.79 Å². The van der Waals surface area contributed by atoms with Crippen LogP contribution in [0.1, 0.15) is 24.3 Å². The maximum atomic E-state index is 10.8. The summed E-state index contributed by atoms with van der Waals surface area (Å²) in [6.07, 6.45) is 1.11. The summed E-state index contributed by atoms with van der Waals surface area (Å²) >= 11 is 0. The van der Waals surface area contributed by atoms with Gasteiger partial charge in [0.15, 0.2) is 17.2 Å². The second-order valence-corrected chi connectivity index (χ2v) is 3.87. The largest absolute Gasteiger partial charge is 0.490 e. The number of benzene rings is 1. The van der Waals surface area contributed by atoms with Crippen LogP contribution in [0.2, 0.25) is 0 Å². The molecule has 0 amide bonds. The lowest BCUT2D eigenvalue weighted by atomic mass is 10.2.